The summed E-state index contributed by atoms with van der Waals surface area (Å²) >= 11 is 0. The number of aromatic nitrogens is 2. The molecule has 1 atom stereocenters. The van der Waals surface area contributed by atoms with Crippen LogP contribution in [-0.4, -0.2) is 43.1 Å². The lowest BCUT2D eigenvalue weighted by Gasteiger charge is -2.23. The molecule has 2 heterocycles. The molecule has 2 N–H and O–H groups in total. The van der Waals surface area contributed by atoms with Gasteiger partial charge in [-0.25, -0.2) is 9.37 Å². The summed E-state index contributed by atoms with van der Waals surface area (Å²) in [5, 5.41) is 5.43. The molecule has 7 heteroatoms. The van der Waals surface area contributed by atoms with Gasteiger partial charge in [-0.2, -0.15) is 4.98 Å². The number of carbonyl (C=O) groups excluding carboxylic acids is 1. The Morgan fingerprint density at radius 3 is 2.89 bits per heavy atom. The van der Waals surface area contributed by atoms with Gasteiger partial charge in [-0.1, -0.05) is 0 Å². The molecular weight excluding hydrogens is 249 g/mol. The Hall–Kier alpha value is -1.92. The van der Waals surface area contributed by atoms with Gasteiger partial charge in [0, 0.05) is 27.2 Å². The minimum atomic E-state index is -0.508. The first-order valence-corrected chi connectivity index (χ1v) is 6.17. The molecule has 6 nitrogen and oxygen atoms in total. The fourth-order valence-corrected chi connectivity index (χ4v) is 2.33. The van der Waals surface area contributed by atoms with Crippen LogP contribution < -0.4 is 15.5 Å². The van der Waals surface area contributed by atoms with Crippen LogP contribution in [0.15, 0.2) is 6.20 Å². The highest BCUT2D eigenvalue weighted by Crippen LogP contribution is 2.33. The second-order valence-corrected chi connectivity index (χ2v) is 4.93. The van der Waals surface area contributed by atoms with Gasteiger partial charge >= 0.3 is 0 Å². The molecular formula is C12H18FN5O. The fraction of sp³-hybridized carbons (Fsp3) is 0.583. The van der Waals surface area contributed by atoms with E-state index in [1.54, 1.807) is 19.0 Å². The molecule has 1 fully saturated rings. The summed E-state index contributed by atoms with van der Waals surface area (Å²) in [4.78, 5) is 21.6. The van der Waals surface area contributed by atoms with Crippen molar-refractivity contribution >= 4 is 17.7 Å². The zero-order chi connectivity index (χ0) is 14.0. The van der Waals surface area contributed by atoms with E-state index in [9.17, 15) is 9.18 Å². The van der Waals surface area contributed by atoms with Gasteiger partial charge in [0.15, 0.2) is 11.6 Å². The lowest BCUT2D eigenvalue weighted by molar-refractivity contribution is -0.128. The van der Waals surface area contributed by atoms with Gasteiger partial charge in [0.2, 0.25) is 11.9 Å². The minimum absolute atomic E-state index is 0.0293. The monoisotopic (exact) mass is 267 g/mol. The van der Waals surface area contributed by atoms with E-state index in [-0.39, 0.29) is 11.7 Å². The minimum Gasteiger partial charge on any atom is -0.359 e. The van der Waals surface area contributed by atoms with Gasteiger partial charge in [-0.05, 0) is 13.3 Å². The maximum Gasteiger partial charge on any atom is 0.227 e. The Morgan fingerprint density at radius 1 is 1.53 bits per heavy atom. The molecule has 0 spiro atoms. The number of carbonyl (C=O) groups is 1. The smallest absolute Gasteiger partial charge is 0.227 e. The summed E-state index contributed by atoms with van der Waals surface area (Å²) in [6, 6.07) is 0. The highest BCUT2D eigenvalue weighted by molar-refractivity contribution is 5.83. The van der Waals surface area contributed by atoms with Crippen molar-refractivity contribution in [1.29, 1.82) is 0 Å². The predicted octanol–water partition coefficient (Wildman–Crippen LogP) is 0.620. The van der Waals surface area contributed by atoms with Crippen LogP contribution >= 0.6 is 0 Å². The van der Waals surface area contributed by atoms with E-state index in [1.165, 1.54) is 0 Å². The first-order chi connectivity index (χ1) is 9.00. The van der Waals surface area contributed by atoms with E-state index in [0.717, 1.165) is 6.20 Å². The van der Waals surface area contributed by atoms with Crippen molar-refractivity contribution in [3.8, 4) is 0 Å². The SMILES string of the molecule is CNC(=O)C1(C)CCN(c2nc(NC)ncc2F)C1. The lowest BCUT2D eigenvalue weighted by atomic mass is 9.89. The first kappa shape index (κ1) is 13.5. The highest BCUT2D eigenvalue weighted by atomic mass is 19.1. The third-order valence-electron chi connectivity index (χ3n) is 3.50. The van der Waals surface area contributed by atoms with Gasteiger partial charge < -0.3 is 15.5 Å². The Kier molecular flexibility index (Phi) is 3.55. The fourth-order valence-electron chi connectivity index (χ4n) is 2.33. The molecule has 1 saturated heterocycles. The number of halogens is 1. The molecule has 0 bridgehead atoms. The quantitative estimate of drug-likeness (QED) is 0.840. The molecule has 1 aliphatic heterocycles. The molecule has 0 radical (unpaired) electrons. The maximum absolute atomic E-state index is 13.8. The average molecular weight is 267 g/mol. The van der Waals surface area contributed by atoms with Crippen LogP contribution in [0.25, 0.3) is 0 Å². The van der Waals surface area contributed by atoms with E-state index in [2.05, 4.69) is 20.6 Å². The van der Waals surface area contributed by atoms with Crippen LogP contribution in [0.5, 0.6) is 0 Å². The normalized spacial score (nSPS) is 22.4. The highest BCUT2D eigenvalue weighted by Gasteiger charge is 2.41. The van der Waals surface area contributed by atoms with Crippen molar-refractivity contribution < 1.29 is 9.18 Å². The average Bonchev–Trinajstić information content (AvgIpc) is 2.82. The van der Waals surface area contributed by atoms with E-state index in [1.807, 2.05) is 6.92 Å². The van der Waals surface area contributed by atoms with Crippen molar-refractivity contribution in [2.24, 2.45) is 5.41 Å². The molecule has 1 unspecified atom stereocenters. The number of anilines is 2. The molecule has 0 aromatic carbocycles. The van der Waals surface area contributed by atoms with Crippen molar-refractivity contribution in [3.05, 3.63) is 12.0 Å². The van der Waals surface area contributed by atoms with Crippen LogP contribution in [0.2, 0.25) is 0 Å². The van der Waals surface area contributed by atoms with Crippen LogP contribution in [0.3, 0.4) is 0 Å². The Balaban J connectivity index is 2.23. The van der Waals surface area contributed by atoms with Crippen LogP contribution in [0, 0.1) is 11.2 Å². The molecule has 19 heavy (non-hydrogen) atoms. The number of nitrogens with one attached hydrogen (secondary N) is 2. The summed E-state index contributed by atoms with van der Waals surface area (Å²) in [7, 11) is 3.29. The third-order valence-corrected chi connectivity index (χ3v) is 3.50. The predicted molar refractivity (Wildman–Crippen MR) is 70.5 cm³/mol. The summed E-state index contributed by atoms with van der Waals surface area (Å²) in [6.07, 6.45) is 1.81. The zero-order valence-electron chi connectivity index (χ0n) is 11.3. The Labute approximate surface area is 111 Å². The zero-order valence-corrected chi connectivity index (χ0v) is 11.3. The van der Waals surface area contributed by atoms with Crippen molar-refractivity contribution in [3.63, 3.8) is 0 Å². The maximum atomic E-state index is 13.8. The molecule has 104 valence electrons. The number of amides is 1. The molecule has 1 aromatic rings. The van der Waals surface area contributed by atoms with Crippen LogP contribution in [0.4, 0.5) is 16.2 Å². The summed E-state index contributed by atoms with van der Waals surface area (Å²) in [6.45, 7) is 2.93. The Bertz CT molecular complexity index is 495. The van der Waals surface area contributed by atoms with E-state index in [0.29, 0.717) is 25.5 Å². The summed E-state index contributed by atoms with van der Waals surface area (Å²) < 4.78 is 13.8. The van der Waals surface area contributed by atoms with Gasteiger partial charge in [-0.15, -0.1) is 0 Å². The second-order valence-electron chi connectivity index (χ2n) is 4.93. The molecule has 0 saturated carbocycles. The number of nitrogens with zero attached hydrogens (tertiary/aromatic N) is 3. The third kappa shape index (κ3) is 2.45. The van der Waals surface area contributed by atoms with Gasteiger partial charge in [-0.3, -0.25) is 4.79 Å². The number of hydrogen-bond acceptors (Lipinski definition) is 5. The van der Waals surface area contributed by atoms with Gasteiger partial charge in [0.05, 0.1) is 11.6 Å². The van der Waals surface area contributed by atoms with E-state index < -0.39 is 11.2 Å². The second kappa shape index (κ2) is 4.99. The van der Waals surface area contributed by atoms with Crippen molar-refractivity contribution in [1.82, 2.24) is 15.3 Å². The van der Waals surface area contributed by atoms with E-state index >= 15 is 0 Å². The summed E-state index contributed by atoms with van der Waals surface area (Å²) in [5.74, 6) is 0.107. The number of rotatable bonds is 3. The van der Waals surface area contributed by atoms with E-state index in [4.69, 9.17) is 0 Å². The molecule has 1 aromatic heterocycles. The lowest BCUT2D eigenvalue weighted by Crippen LogP contribution is -2.39. The topological polar surface area (TPSA) is 70.2 Å². The molecule has 2 rings (SSSR count). The summed E-state index contributed by atoms with van der Waals surface area (Å²) in [5.41, 5.74) is -0.508. The first-order valence-electron chi connectivity index (χ1n) is 6.17. The van der Waals surface area contributed by atoms with Crippen molar-refractivity contribution in [2.45, 2.75) is 13.3 Å². The molecule has 1 amide bonds. The van der Waals surface area contributed by atoms with Crippen molar-refractivity contribution in [2.75, 3.05) is 37.4 Å². The van der Waals surface area contributed by atoms with Gasteiger partial charge in [0.1, 0.15) is 0 Å². The van der Waals surface area contributed by atoms with Gasteiger partial charge in [0.25, 0.3) is 0 Å². The van der Waals surface area contributed by atoms with Crippen LogP contribution in [0.1, 0.15) is 13.3 Å². The number of hydrogen-bond donors (Lipinski definition) is 2. The molecule has 1 aliphatic rings. The largest absolute Gasteiger partial charge is 0.359 e. The standard InChI is InChI=1S/C12H18FN5O/c1-12(10(19)14-2)4-5-18(7-12)9-8(13)6-16-11(15-3)17-9/h6H,4-5,7H2,1-3H3,(H,14,19)(H,15,16,17). The van der Waals surface area contributed by atoms with Crippen LogP contribution in [-0.2, 0) is 4.79 Å². The molecule has 0 aliphatic carbocycles. The Morgan fingerprint density at radius 2 is 2.26 bits per heavy atom.